The Balaban J connectivity index is 4.08. The molecule has 0 aliphatic carbocycles. The van der Waals surface area contributed by atoms with E-state index in [0.717, 1.165) is 70.6 Å². The van der Waals surface area contributed by atoms with Crippen molar-refractivity contribution in [2.75, 3.05) is 13.2 Å². The highest BCUT2D eigenvalue weighted by Gasteiger charge is 2.20. The number of hydrogen-bond donors (Lipinski definition) is 0. The predicted octanol–water partition coefficient (Wildman–Crippen LogP) is 25.7. The molecule has 0 N–H and O–H groups in total. The Hall–Kier alpha value is -2.11. The van der Waals surface area contributed by atoms with Crippen LogP contribution in [0.4, 0.5) is 0 Å². The van der Waals surface area contributed by atoms with Crippen LogP contribution >= 0.6 is 0 Å². The van der Waals surface area contributed by atoms with Crippen LogP contribution in [0.3, 0.4) is 0 Å². The van der Waals surface area contributed by atoms with Crippen LogP contribution in [-0.2, 0) is 28.6 Å². The van der Waals surface area contributed by atoms with Gasteiger partial charge in [-0.2, -0.15) is 0 Å². The van der Waals surface area contributed by atoms with Crippen LogP contribution in [0.25, 0.3) is 0 Å². The van der Waals surface area contributed by atoms with Gasteiger partial charge in [-0.05, 0) is 70.6 Å². The van der Waals surface area contributed by atoms with Gasteiger partial charge in [-0.1, -0.05) is 360 Å². The van der Waals surface area contributed by atoms with E-state index in [4.69, 9.17) is 14.2 Å². The van der Waals surface area contributed by atoms with E-state index in [1.54, 1.807) is 0 Å². The van der Waals surface area contributed by atoms with Crippen molar-refractivity contribution < 1.29 is 28.6 Å². The fraction of sp³-hybridized carbons (Fsp3) is 0.908. The number of hydrogen-bond acceptors (Lipinski definition) is 6. The van der Waals surface area contributed by atoms with Crippen LogP contribution in [0.5, 0.6) is 0 Å². The average Bonchev–Trinajstić information content (AvgIpc) is 3.47. The maximum atomic E-state index is 12.9. The second-order valence-corrected chi connectivity index (χ2v) is 25.6. The van der Waals surface area contributed by atoms with Gasteiger partial charge >= 0.3 is 17.9 Å². The molecule has 0 saturated carbocycles. The zero-order valence-corrected chi connectivity index (χ0v) is 55.8. The Morgan fingerprint density at radius 3 is 0.610 bits per heavy atom. The molecule has 0 aromatic heterocycles. The number of allylic oxidation sites excluding steroid dienone is 4. The second-order valence-electron chi connectivity index (χ2n) is 25.6. The molecule has 0 rings (SSSR count). The summed E-state index contributed by atoms with van der Waals surface area (Å²) in [4.78, 5) is 38.4. The zero-order valence-electron chi connectivity index (χ0n) is 55.8. The Labute approximate surface area is 513 Å². The fourth-order valence-corrected chi connectivity index (χ4v) is 11.6. The Bertz CT molecular complexity index is 1320. The van der Waals surface area contributed by atoms with Crippen molar-refractivity contribution in [1.29, 1.82) is 0 Å². The largest absolute Gasteiger partial charge is 0.462 e. The minimum Gasteiger partial charge on any atom is -0.462 e. The molecule has 82 heavy (non-hydrogen) atoms. The first-order valence-electron chi connectivity index (χ1n) is 37.3. The maximum Gasteiger partial charge on any atom is 0.306 e. The molecule has 0 aromatic rings. The molecule has 0 radical (unpaired) electrons. The Kier molecular flexibility index (Phi) is 69.5. The minimum atomic E-state index is -0.777. The lowest BCUT2D eigenvalue weighted by molar-refractivity contribution is -0.167. The van der Waals surface area contributed by atoms with Crippen molar-refractivity contribution in [1.82, 2.24) is 0 Å². The molecule has 0 spiro atoms. The number of rotatable bonds is 70. The van der Waals surface area contributed by atoms with E-state index >= 15 is 0 Å². The average molecular weight is 1150 g/mol. The van der Waals surface area contributed by atoms with Gasteiger partial charge in [0.15, 0.2) is 6.10 Å². The van der Waals surface area contributed by atoms with E-state index in [9.17, 15) is 14.4 Å². The van der Waals surface area contributed by atoms with E-state index in [2.05, 4.69) is 45.1 Å². The van der Waals surface area contributed by atoms with Gasteiger partial charge in [-0.3, -0.25) is 14.4 Å². The van der Waals surface area contributed by atoms with Crippen LogP contribution in [0.2, 0.25) is 0 Å². The summed E-state index contributed by atoms with van der Waals surface area (Å²) < 4.78 is 17.0. The lowest BCUT2D eigenvalue weighted by Crippen LogP contribution is -2.30. The molecule has 0 saturated heterocycles. The molecule has 0 aromatic carbocycles. The molecular formula is C76H144O6. The van der Waals surface area contributed by atoms with Gasteiger partial charge < -0.3 is 14.2 Å². The lowest BCUT2D eigenvalue weighted by atomic mass is 10.0. The minimum absolute atomic E-state index is 0.0721. The van der Waals surface area contributed by atoms with Crippen LogP contribution in [0.1, 0.15) is 425 Å². The van der Waals surface area contributed by atoms with Crippen molar-refractivity contribution in [3.63, 3.8) is 0 Å². The lowest BCUT2D eigenvalue weighted by Gasteiger charge is -2.18. The van der Waals surface area contributed by atoms with Gasteiger partial charge in [0.05, 0.1) is 0 Å². The summed E-state index contributed by atoms with van der Waals surface area (Å²) in [5, 5.41) is 0. The molecule has 0 bridgehead atoms. The van der Waals surface area contributed by atoms with E-state index in [1.165, 1.54) is 315 Å². The fourth-order valence-electron chi connectivity index (χ4n) is 11.6. The van der Waals surface area contributed by atoms with Crippen LogP contribution in [0, 0.1) is 0 Å². The SMILES string of the molecule is CCCCCCCC/C=C\CCCCCCCC(=O)OCC(COC(=O)CCCCCCCCCCCCCCCCCCCCCCCCCCCCCCCCCCCC)OC(=O)CCCCCCC/C=C\CCCCCCCC. The highest BCUT2D eigenvalue weighted by molar-refractivity contribution is 5.71. The van der Waals surface area contributed by atoms with Crippen molar-refractivity contribution >= 4 is 17.9 Å². The third kappa shape index (κ3) is 68.7. The molecule has 0 heterocycles. The summed E-state index contributed by atoms with van der Waals surface area (Å²) in [6.07, 6.45) is 88.1. The molecule has 0 fully saturated rings. The van der Waals surface area contributed by atoms with Gasteiger partial charge in [-0.25, -0.2) is 0 Å². The highest BCUT2D eigenvalue weighted by atomic mass is 16.6. The molecule has 0 amide bonds. The van der Waals surface area contributed by atoms with Crippen LogP contribution in [-0.4, -0.2) is 37.2 Å². The molecule has 0 aliphatic heterocycles. The first-order valence-corrected chi connectivity index (χ1v) is 37.3. The standard InChI is InChI=1S/C76H144O6/c1-4-7-10-13-16-19-22-25-28-29-30-31-32-33-34-35-36-37-38-39-40-41-42-43-44-45-46-49-51-54-57-60-63-66-69-75(78)81-72-73(82-76(79)70-67-64-61-58-55-52-48-27-24-21-18-15-12-9-6-3)71-80-74(77)68-65-62-59-56-53-50-47-26-23-20-17-14-11-8-5-2/h26-27,47-48,73H,4-25,28-46,49-72H2,1-3H3/b47-26-,48-27-. The van der Waals surface area contributed by atoms with Gasteiger partial charge in [0.1, 0.15) is 13.2 Å². The summed E-state index contributed by atoms with van der Waals surface area (Å²) >= 11 is 0. The summed E-state index contributed by atoms with van der Waals surface area (Å²) in [6, 6.07) is 0. The highest BCUT2D eigenvalue weighted by Crippen LogP contribution is 2.19. The maximum absolute atomic E-state index is 12.9. The first-order chi connectivity index (χ1) is 40.5. The number of carbonyl (C=O) groups excluding carboxylic acids is 3. The van der Waals surface area contributed by atoms with Crippen LogP contribution in [0.15, 0.2) is 24.3 Å². The van der Waals surface area contributed by atoms with Gasteiger partial charge in [0.2, 0.25) is 0 Å². The predicted molar refractivity (Wildman–Crippen MR) is 358 cm³/mol. The van der Waals surface area contributed by atoms with Gasteiger partial charge in [0.25, 0.3) is 0 Å². The quantitative estimate of drug-likeness (QED) is 0.0261. The number of carbonyl (C=O) groups is 3. The van der Waals surface area contributed by atoms with Gasteiger partial charge in [-0.15, -0.1) is 0 Å². The summed E-state index contributed by atoms with van der Waals surface area (Å²) in [5.41, 5.74) is 0. The second kappa shape index (κ2) is 71.4. The summed E-state index contributed by atoms with van der Waals surface area (Å²) in [6.45, 7) is 6.69. The molecular weight excluding hydrogens is 1010 g/mol. The topological polar surface area (TPSA) is 78.9 Å². The van der Waals surface area contributed by atoms with E-state index in [0.29, 0.717) is 19.3 Å². The van der Waals surface area contributed by atoms with E-state index < -0.39 is 6.10 Å². The normalized spacial score (nSPS) is 12.1. The first kappa shape index (κ1) is 79.9. The van der Waals surface area contributed by atoms with Gasteiger partial charge in [0, 0.05) is 19.3 Å². The third-order valence-electron chi connectivity index (χ3n) is 17.2. The molecule has 1 atom stereocenters. The Morgan fingerprint density at radius 2 is 0.402 bits per heavy atom. The van der Waals surface area contributed by atoms with Crippen molar-refractivity contribution in [2.24, 2.45) is 0 Å². The monoisotopic (exact) mass is 1150 g/mol. The molecule has 6 heteroatoms. The van der Waals surface area contributed by atoms with E-state index in [-0.39, 0.29) is 31.1 Å². The number of ether oxygens (including phenoxy) is 3. The molecule has 0 aliphatic rings. The van der Waals surface area contributed by atoms with E-state index in [1.807, 2.05) is 0 Å². The molecule has 6 nitrogen and oxygen atoms in total. The van der Waals surface area contributed by atoms with Crippen molar-refractivity contribution in [3.8, 4) is 0 Å². The third-order valence-corrected chi connectivity index (χ3v) is 17.2. The summed E-state index contributed by atoms with van der Waals surface area (Å²) in [7, 11) is 0. The number of esters is 3. The molecule has 484 valence electrons. The van der Waals surface area contributed by atoms with Crippen molar-refractivity contribution in [2.45, 2.75) is 431 Å². The molecule has 1 unspecified atom stereocenters. The zero-order chi connectivity index (χ0) is 59.2. The smallest absolute Gasteiger partial charge is 0.306 e. The summed E-state index contributed by atoms with van der Waals surface area (Å²) in [5.74, 6) is -0.860. The van der Waals surface area contributed by atoms with Crippen molar-refractivity contribution in [3.05, 3.63) is 24.3 Å². The number of unbranched alkanes of at least 4 members (excludes halogenated alkanes) is 55. The Morgan fingerprint density at radius 1 is 0.232 bits per heavy atom. The van der Waals surface area contributed by atoms with Crippen LogP contribution < -0.4 is 0 Å².